The van der Waals surface area contributed by atoms with E-state index in [0.29, 0.717) is 21.5 Å². The van der Waals surface area contributed by atoms with Crippen LogP contribution in [0.4, 0.5) is 11.4 Å². The summed E-state index contributed by atoms with van der Waals surface area (Å²) in [4.78, 5) is 17.3. The lowest BCUT2D eigenvalue weighted by Crippen LogP contribution is -2.44. The van der Waals surface area contributed by atoms with Gasteiger partial charge in [0.2, 0.25) is 0 Å². The summed E-state index contributed by atoms with van der Waals surface area (Å²) in [5.41, 5.74) is 2.38. The minimum atomic E-state index is -0.317. The molecule has 1 amide bonds. The number of amides is 1. The number of hydrogen-bond acceptors (Lipinski definition) is 4. The third-order valence-electron chi connectivity index (χ3n) is 5.01. The van der Waals surface area contributed by atoms with Crippen LogP contribution in [-0.2, 0) is 0 Å². The molecule has 1 aromatic heterocycles. The van der Waals surface area contributed by atoms with Crippen molar-refractivity contribution in [2.24, 2.45) is 0 Å². The molecule has 7 heteroatoms. The Morgan fingerprint density at radius 1 is 0.966 bits per heavy atom. The molecule has 4 rings (SSSR count). The Balaban J connectivity index is 1.55. The maximum absolute atomic E-state index is 12.8. The lowest BCUT2D eigenvalue weighted by atomic mass is 10.2. The van der Waals surface area contributed by atoms with E-state index in [1.54, 1.807) is 24.3 Å². The first kappa shape index (κ1) is 19.8. The number of nitrogens with one attached hydrogen (secondary N) is 1. The first-order chi connectivity index (χ1) is 14.0. The van der Waals surface area contributed by atoms with Gasteiger partial charge in [-0.25, -0.2) is 0 Å². The summed E-state index contributed by atoms with van der Waals surface area (Å²) in [5, 5.41) is 4.22. The van der Waals surface area contributed by atoms with Crippen molar-refractivity contribution >= 4 is 40.5 Å². The van der Waals surface area contributed by atoms with E-state index in [1.807, 2.05) is 30.3 Å². The first-order valence-electron chi connectivity index (χ1n) is 9.40. The molecular formula is C22H21Cl2N3O2. The molecule has 1 saturated heterocycles. The number of anilines is 2. The highest BCUT2D eigenvalue weighted by Crippen LogP contribution is 2.35. The second-order valence-corrected chi connectivity index (χ2v) is 7.89. The van der Waals surface area contributed by atoms with Gasteiger partial charge < -0.3 is 19.5 Å². The van der Waals surface area contributed by atoms with E-state index >= 15 is 0 Å². The molecule has 0 saturated carbocycles. The number of carbonyl (C=O) groups is 1. The molecule has 0 spiro atoms. The van der Waals surface area contributed by atoms with E-state index in [1.165, 1.54) is 0 Å². The number of likely N-dealkylation sites (N-methyl/N-ethyl adjacent to an activating group) is 1. The summed E-state index contributed by atoms with van der Waals surface area (Å²) in [5.74, 6) is 0.527. The Labute approximate surface area is 179 Å². The molecule has 0 unspecified atom stereocenters. The average Bonchev–Trinajstić information content (AvgIpc) is 3.20. The minimum Gasteiger partial charge on any atom is -0.451 e. The van der Waals surface area contributed by atoms with Crippen LogP contribution in [0.25, 0.3) is 11.3 Å². The zero-order chi connectivity index (χ0) is 20.4. The first-order valence-corrected chi connectivity index (χ1v) is 10.2. The van der Waals surface area contributed by atoms with Crippen molar-refractivity contribution in [1.29, 1.82) is 0 Å². The molecule has 3 aromatic rings. The fraction of sp³-hybridized carbons (Fsp3) is 0.227. The number of halogens is 2. The van der Waals surface area contributed by atoms with E-state index in [4.69, 9.17) is 27.6 Å². The zero-order valence-corrected chi connectivity index (χ0v) is 17.5. The number of furan rings is 1. The Kier molecular flexibility index (Phi) is 5.81. The topological polar surface area (TPSA) is 48.7 Å². The molecule has 150 valence electrons. The van der Waals surface area contributed by atoms with E-state index in [9.17, 15) is 4.79 Å². The summed E-state index contributed by atoms with van der Waals surface area (Å²) in [6.45, 7) is 3.59. The van der Waals surface area contributed by atoms with Gasteiger partial charge in [-0.3, -0.25) is 4.79 Å². The van der Waals surface area contributed by atoms with Gasteiger partial charge in [0.05, 0.1) is 16.4 Å². The third-order valence-corrected chi connectivity index (χ3v) is 5.57. The third kappa shape index (κ3) is 4.42. The molecule has 29 heavy (non-hydrogen) atoms. The van der Waals surface area contributed by atoms with Crippen LogP contribution >= 0.6 is 23.2 Å². The summed E-state index contributed by atoms with van der Waals surface area (Å²) >= 11 is 12.4. The molecular weight excluding hydrogens is 409 g/mol. The Morgan fingerprint density at radius 3 is 2.41 bits per heavy atom. The van der Waals surface area contributed by atoms with Crippen LogP contribution in [0.15, 0.2) is 59.0 Å². The van der Waals surface area contributed by atoms with Crippen LogP contribution in [-0.4, -0.2) is 44.0 Å². The van der Waals surface area contributed by atoms with Crippen LogP contribution in [0.2, 0.25) is 10.0 Å². The molecule has 0 bridgehead atoms. The molecule has 2 heterocycles. The molecule has 0 radical (unpaired) electrons. The molecule has 1 fully saturated rings. The summed E-state index contributed by atoms with van der Waals surface area (Å²) < 4.78 is 5.76. The molecule has 5 nitrogen and oxygen atoms in total. The van der Waals surface area contributed by atoms with Crippen LogP contribution in [0.1, 0.15) is 10.6 Å². The number of benzene rings is 2. The van der Waals surface area contributed by atoms with E-state index in [-0.39, 0.29) is 11.7 Å². The molecule has 0 atom stereocenters. The van der Waals surface area contributed by atoms with Gasteiger partial charge in [0.15, 0.2) is 5.76 Å². The fourth-order valence-corrected chi connectivity index (χ4v) is 3.80. The SMILES string of the molecule is CN1CCN(c2c(Cl)cccc2NC(=O)c2ccc(-c3ccc(Cl)cc3)o2)CC1. The van der Waals surface area contributed by atoms with E-state index < -0.39 is 0 Å². The van der Waals surface area contributed by atoms with Crippen LogP contribution < -0.4 is 10.2 Å². The maximum Gasteiger partial charge on any atom is 0.291 e. The Hall–Kier alpha value is -2.47. The summed E-state index contributed by atoms with van der Waals surface area (Å²) in [6, 6.07) is 16.3. The van der Waals surface area contributed by atoms with Gasteiger partial charge in [-0.2, -0.15) is 0 Å². The molecule has 1 aliphatic heterocycles. The number of nitrogens with zero attached hydrogens (tertiary/aromatic N) is 2. The zero-order valence-electron chi connectivity index (χ0n) is 16.0. The van der Waals surface area contributed by atoms with Crippen molar-refractivity contribution in [2.75, 3.05) is 43.4 Å². The summed E-state index contributed by atoms with van der Waals surface area (Å²) in [6.07, 6.45) is 0. The van der Waals surface area contributed by atoms with Crippen molar-refractivity contribution in [2.45, 2.75) is 0 Å². The molecule has 1 aliphatic rings. The van der Waals surface area contributed by atoms with Crippen LogP contribution in [0, 0.1) is 0 Å². The second kappa shape index (κ2) is 8.49. The summed E-state index contributed by atoms with van der Waals surface area (Å²) in [7, 11) is 2.10. The number of hydrogen-bond donors (Lipinski definition) is 1. The number of rotatable bonds is 4. The monoisotopic (exact) mass is 429 g/mol. The highest BCUT2D eigenvalue weighted by molar-refractivity contribution is 6.34. The minimum absolute atomic E-state index is 0.235. The molecule has 2 aromatic carbocycles. The van der Waals surface area contributed by atoms with Gasteiger partial charge in [-0.05, 0) is 55.6 Å². The van der Waals surface area contributed by atoms with Crippen LogP contribution in [0.5, 0.6) is 0 Å². The lowest BCUT2D eigenvalue weighted by Gasteiger charge is -2.35. The van der Waals surface area contributed by atoms with Crippen molar-refractivity contribution in [3.8, 4) is 11.3 Å². The van der Waals surface area contributed by atoms with Gasteiger partial charge in [-0.15, -0.1) is 0 Å². The number of piperazine rings is 1. The normalized spacial score (nSPS) is 14.8. The average molecular weight is 430 g/mol. The van der Waals surface area contributed by atoms with Gasteiger partial charge in [0.1, 0.15) is 5.76 Å². The van der Waals surface area contributed by atoms with Crippen molar-refractivity contribution in [1.82, 2.24) is 4.90 Å². The smallest absolute Gasteiger partial charge is 0.291 e. The van der Waals surface area contributed by atoms with E-state index in [2.05, 4.69) is 22.2 Å². The van der Waals surface area contributed by atoms with Gasteiger partial charge >= 0.3 is 0 Å². The van der Waals surface area contributed by atoms with Gasteiger partial charge in [-0.1, -0.05) is 29.3 Å². The predicted molar refractivity (Wildman–Crippen MR) is 118 cm³/mol. The standard InChI is InChI=1S/C22H21Cl2N3O2/c1-26-11-13-27(14-12-26)21-17(24)3-2-4-18(21)25-22(28)20-10-9-19(29-20)15-5-7-16(23)8-6-15/h2-10H,11-14H2,1H3,(H,25,28). The maximum atomic E-state index is 12.8. The molecule has 0 aliphatic carbocycles. The number of carbonyl (C=O) groups excluding carboxylic acids is 1. The second-order valence-electron chi connectivity index (χ2n) is 7.05. The number of para-hydroxylation sites is 1. The van der Waals surface area contributed by atoms with E-state index in [0.717, 1.165) is 37.4 Å². The molecule has 1 N–H and O–H groups in total. The highest BCUT2D eigenvalue weighted by Gasteiger charge is 2.21. The van der Waals surface area contributed by atoms with Crippen molar-refractivity contribution < 1.29 is 9.21 Å². The highest BCUT2D eigenvalue weighted by atomic mass is 35.5. The van der Waals surface area contributed by atoms with Gasteiger partial charge in [0, 0.05) is 36.8 Å². The fourth-order valence-electron chi connectivity index (χ4n) is 3.38. The van der Waals surface area contributed by atoms with Crippen LogP contribution in [0.3, 0.4) is 0 Å². The largest absolute Gasteiger partial charge is 0.451 e. The van der Waals surface area contributed by atoms with Gasteiger partial charge in [0.25, 0.3) is 5.91 Å². The quantitative estimate of drug-likeness (QED) is 0.614. The predicted octanol–water partition coefficient (Wildman–Crippen LogP) is 5.26. The Morgan fingerprint density at radius 2 is 1.69 bits per heavy atom. The lowest BCUT2D eigenvalue weighted by molar-refractivity contribution is 0.0997. The van der Waals surface area contributed by atoms with Crippen molar-refractivity contribution in [3.63, 3.8) is 0 Å². The Bertz CT molecular complexity index is 1010. The van der Waals surface area contributed by atoms with Crippen molar-refractivity contribution in [3.05, 3.63) is 70.4 Å².